The highest BCUT2D eigenvalue weighted by Crippen LogP contribution is 2.27. The van der Waals surface area contributed by atoms with Crippen LogP contribution in [-0.2, 0) is 24.2 Å². The van der Waals surface area contributed by atoms with E-state index in [2.05, 4.69) is 38.8 Å². The van der Waals surface area contributed by atoms with Crippen molar-refractivity contribution in [2.45, 2.75) is 26.3 Å². The van der Waals surface area contributed by atoms with Crippen molar-refractivity contribution in [2.75, 3.05) is 31.6 Å². The Morgan fingerprint density at radius 1 is 1.30 bits per heavy atom. The summed E-state index contributed by atoms with van der Waals surface area (Å²) in [7, 11) is 1.70. The molecule has 0 unspecified atom stereocenters. The second kappa shape index (κ2) is 10.2. The van der Waals surface area contributed by atoms with Crippen LogP contribution in [0, 0.1) is 0 Å². The number of carbonyl (C=O) groups is 1. The lowest BCUT2D eigenvalue weighted by Crippen LogP contribution is -2.45. The molecular weight excluding hydrogens is 457 g/mol. The topological polar surface area (TPSA) is 87.4 Å². The standard InChI is InChI=1S/C18H25N7O.HI/c1-3-16-23-22-13-24(16)11-9-20-18(19-2)21-12-17(26)25-10-8-14-6-4-5-7-15(14)25;/h4-7,13H,3,8-12H2,1-2H3,(H2,19,20,21);1H. The molecule has 27 heavy (non-hydrogen) atoms. The number of nitrogens with zero attached hydrogens (tertiary/aromatic N) is 5. The van der Waals surface area contributed by atoms with Gasteiger partial charge >= 0.3 is 0 Å². The highest BCUT2D eigenvalue weighted by atomic mass is 127. The van der Waals surface area contributed by atoms with E-state index in [-0.39, 0.29) is 36.4 Å². The number of amides is 1. The summed E-state index contributed by atoms with van der Waals surface area (Å²) < 4.78 is 2.01. The van der Waals surface area contributed by atoms with E-state index in [9.17, 15) is 4.79 Å². The number of hydrogen-bond acceptors (Lipinski definition) is 4. The Hall–Kier alpha value is -2.17. The maximum Gasteiger partial charge on any atom is 0.246 e. The van der Waals surface area contributed by atoms with E-state index in [1.165, 1.54) is 5.56 Å². The maximum absolute atomic E-state index is 12.5. The largest absolute Gasteiger partial charge is 0.355 e. The first-order valence-electron chi connectivity index (χ1n) is 8.92. The van der Waals surface area contributed by atoms with Crippen LogP contribution in [0.1, 0.15) is 18.3 Å². The number of benzene rings is 1. The third kappa shape index (κ3) is 5.18. The average Bonchev–Trinajstić information content (AvgIpc) is 3.30. The van der Waals surface area contributed by atoms with Gasteiger partial charge in [0.25, 0.3) is 0 Å². The van der Waals surface area contributed by atoms with Crippen LogP contribution in [0.2, 0.25) is 0 Å². The molecule has 1 aliphatic heterocycles. The van der Waals surface area contributed by atoms with Gasteiger partial charge in [-0.15, -0.1) is 34.2 Å². The quantitative estimate of drug-likeness (QED) is 0.367. The molecule has 2 heterocycles. The third-order valence-electron chi connectivity index (χ3n) is 4.48. The summed E-state index contributed by atoms with van der Waals surface area (Å²) in [5.74, 6) is 1.61. The minimum atomic E-state index is 0. The number of carbonyl (C=O) groups excluding carboxylic acids is 1. The molecule has 1 amide bonds. The third-order valence-corrected chi connectivity index (χ3v) is 4.48. The predicted octanol–water partition coefficient (Wildman–Crippen LogP) is 1.21. The maximum atomic E-state index is 12.5. The Balaban J connectivity index is 0.00000261. The van der Waals surface area contributed by atoms with Crippen molar-refractivity contribution in [3.05, 3.63) is 42.0 Å². The van der Waals surface area contributed by atoms with Gasteiger partial charge in [0.1, 0.15) is 12.2 Å². The number of aliphatic imine (C=N–C) groups is 1. The van der Waals surface area contributed by atoms with E-state index in [0.29, 0.717) is 12.5 Å². The fourth-order valence-electron chi connectivity index (χ4n) is 3.11. The highest BCUT2D eigenvalue weighted by molar-refractivity contribution is 14.0. The number of para-hydroxylation sites is 1. The summed E-state index contributed by atoms with van der Waals surface area (Å²) in [6, 6.07) is 8.05. The lowest BCUT2D eigenvalue weighted by atomic mass is 10.2. The van der Waals surface area contributed by atoms with Crippen LogP contribution in [0.4, 0.5) is 5.69 Å². The van der Waals surface area contributed by atoms with Crippen molar-refractivity contribution in [1.82, 2.24) is 25.4 Å². The molecule has 2 aromatic rings. The molecule has 0 saturated carbocycles. The Morgan fingerprint density at radius 2 is 2.11 bits per heavy atom. The molecule has 3 rings (SSSR count). The Kier molecular flexibility index (Phi) is 8.01. The van der Waals surface area contributed by atoms with Crippen molar-refractivity contribution >= 4 is 41.5 Å². The number of aryl methyl sites for hydroxylation is 1. The molecule has 0 saturated heterocycles. The van der Waals surface area contributed by atoms with Crippen molar-refractivity contribution in [3.8, 4) is 0 Å². The van der Waals surface area contributed by atoms with Crippen LogP contribution >= 0.6 is 24.0 Å². The van der Waals surface area contributed by atoms with E-state index >= 15 is 0 Å². The van der Waals surface area contributed by atoms with Gasteiger partial charge in [-0.05, 0) is 18.1 Å². The second-order valence-electron chi connectivity index (χ2n) is 6.07. The number of aromatic nitrogens is 3. The number of hydrogen-bond donors (Lipinski definition) is 2. The molecular formula is C18H26IN7O. The van der Waals surface area contributed by atoms with Crippen LogP contribution in [-0.4, -0.2) is 53.3 Å². The van der Waals surface area contributed by atoms with E-state index < -0.39 is 0 Å². The number of fused-ring (bicyclic) bond motifs is 1. The Labute approximate surface area is 176 Å². The molecule has 1 aromatic carbocycles. The molecule has 0 atom stereocenters. The van der Waals surface area contributed by atoms with Crippen LogP contribution in [0.25, 0.3) is 0 Å². The monoisotopic (exact) mass is 483 g/mol. The van der Waals surface area contributed by atoms with E-state index in [1.807, 2.05) is 27.7 Å². The van der Waals surface area contributed by atoms with Crippen LogP contribution < -0.4 is 15.5 Å². The van der Waals surface area contributed by atoms with Gasteiger partial charge in [0.05, 0.1) is 6.54 Å². The smallest absolute Gasteiger partial charge is 0.246 e. The number of nitrogens with one attached hydrogen (secondary N) is 2. The van der Waals surface area contributed by atoms with E-state index in [1.54, 1.807) is 13.4 Å². The van der Waals surface area contributed by atoms with Crippen LogP contribution in [0.15, 0.2) is 35.6 Å². The van der Waals surface area contributed by atoms with Gasteiger partial charge in [-0.2, -0.15) is 0 Å². The van der Waals surface area contributed by atoms with Crippen LogP contribution in [0.5, 0.6) is 0 Å². The lowest BCUT2D eigenvalue weighted by Gasteiger charge is -2.19. The molecule has 2 N–H and O–H groups in total. The summed E-state index contributed by atoms with van der Waals surface area (Å²) in [6.45, 7) is 4.41. The average molecular weight is 483 g/mol. The van der Waals surface area contributed by atoms with Gasteiger partial charge in [-0.25, -0.2) is 0 Å². The first kappa shape index (κ1) is 21.1. The lowest BCUT2D eigenvalue weighted by molar-refractivity contribution is -0.117. The minimum absolute atomic E-state index is 0. The molecule has 1 aromatic heterocycles. The van der Waals surface area contributed by atoms with Gasteiger partial charge in [0.2, 0.25) is 5.91 Å². The second-order valence-corrected chi connectivity index (χ2v) is 6.07. The zero-order valence-electron chi connectivity index (χ0n) is 15.7. The minimum Gasteiger partial charge on any atom is -0.355 e. The first-order chi connectivity index (χ1) is 12.7. The molecule has 0 spiro atoms. The highest BCUT2D eigenvalue weighted by Gasteiger charge is 2.23. The number of halogens is 1. The molecule has 0 fully saturated rings. The summed E-state index contributed by atoms with van der Waals surface area (Å²) in [5, 5.41) is 14.3. The van der Waals surface area contributed by atoms with E-state index in [4.69, 9.17) is 0 Å². The zero-order valence-corrected chi connectivity index (χ0v) is 18.0. The molecule has 0 aliphatic carbocycles. The molecule has 146 valence electrons. The normalized spacial score (nSPS) is 13.1. The summed E-state index contributed by atoms with van der Waals surface area (Å²) in [5.41, 5.74) is 2.24. The number of guanidine groups is 1. The summed E-state index contributed by atoms with van der Waals surface area (Å²) >= 11 is 0. The molecule has 1 aliphatic rings. The van der Waals surface area contributed by atoms with Crippen molar-refractivity contribution in [2.24, 2.45) is 4.99 Å². The number of anilines is 1. The fourth-order valence-corrected chi connectivity index (χ4v) is 3.11. The first-order valence-corrected chi connectivity index (χ1v) is 8.92. The molecule has 9 heteroatoms. The summed E-state index contributed by atoms with van der Waals surface area (Å²) in [6.07, 6.45) is 3.48. The van der Waals surface area contributed by atoms with Crippen LogP contribution in [0.3, 0.4) is 0 Å². The van der Waals surface area contributed by atoms with Gasteiger partial charge in [0.15, 0.2) is 5.96 Å². The Bertz CT molecular complexity index is 790. The predicted molar refractivity (Wildman–Crippen MR) is 117 cm³/mol. The summed E-state index contributed by atoms with van der Waals surface area (Å²) in [4.78, 5) is 18.5. The molecule has 8 nitrogen and oxygen atoms in total. The molecule has 0 radical (unpaired) electrons. The van der Waals surface area contributed by atoms with Crippen molar-refractivity contribution in [3.63, 3.8) is 0 Å². The van der Waals surface area contributed by atoms with Gasteiger partial charge in [0, 0.05) is 38.8 Å². The molecule has 0 bridgehead atoms. The van der Waals surface area contributed by atoms with Gasteiger partial charge in [-0.3, -0.25) is 9.79 Å². The van der Waals surface area contributed by atoms with Crippen molar-refractivity contribution in [1.29, 1.82) is 0 Å². The van der Waals surface area contributed by atoms with E-state index in [0.717, 1.165) is 37.4 Å². The van der Waals surface area contributed by atoms with Gasteiger partial charge < -0.3 is 20.1 Å². The Morgan fingerprint density at radius 3 is 2.89 bits per heavy atom. The van der Waals surface area contributed by atoms with Gasteiger partial charge in [-0.1, -0.05) is 25.1 Å². The SMILES string of the molecule is CCc1nncn1CCNC(=NC)NCC(=O)N1CCc2ccccc21.I. The fraction of sp³-hybridized carbons (Fsp3) is 0.444. The van der Waals surface area contributed by atoms with Crippen molar-refractivity contribution < 1.29 is 4.79 Å². The number of rotatable bonds is 6. The zero-order chi connectivity index (χ0) is 18.4.